The van der Waals surface area contributed by atoms with Gasteiger partial charge < -0.3 is 5.32 Å². The normalized spacial score (nSPS) is 20.6. The quantitative estimate of drug-likeness (QED) is 0.616. The molecule has 10 nitrogen and oxygen atoms in total. The zero-order valence-electron chi connectivity index (χ0n) is 16.4. The van der Waals surface area contributed by atoms with Crippen LogP contribution in [0, 0.1) is 5.92 Å². The number of rotatable bonds is 5. The smallest absolute Gasteiger partial charge is 0.262 e. The molecule has 0 bridgehead atoms. The summed E-state index contributed by atoms with van der Waals surface area (Å²) >= 11 is 0. The van der Waals surface area contributed by atoms with Gasteiger partial charge in [-0.2, -0.15) is 5.10 Å². The van der Waals surface area contributed by atoms with Gasteiger partial charge in [-0.3, -0.25) is 39.3 Å². The van der Waals surface area contributed by atoms with Gasteiger partial charge in [0.2, 0.25) is 11.8 Å². The number of benzene rings is 1. The van der Waals surface area contributed by atoms with Gasteiger partial charge in [0.1, 0.15) is 6.04 Å². The van der Waals surface area contributed by atoms with E-state index in [4.69, 9.17) is 0 Å². The van der Waals surface area contributed by atoms with Crippen LogP contribution in [0.3, 0.4) is 0 Å². The second kappa shape index (κ2) is 7.15. The van der Waals surface area contributed by atoms with E-state index >= 15 is 0 Å². The second-order valence-corrected chi connectivity index (χ2v) is 8.09. The Hall–Kier alpha value is -3.82. The molecule has 5 amide bonds. The Morgan fingerprint density at radius 3 is 2.58 bits per heavy atom. The van der Waals surface area contributed by atoms with Crippen LogP contribution in [0.2, 0.25) is 0 Å². The van der Waals surface area contributed by atoms with Crippen molar-refractivity contribution in [1.29, 1.82) is 0 Å². The molecular weight excluding hydrogens is 402 g/mol. The number of nitrogens with one attached hydrogen (secondary N) is 3. The molecule has 1 aromatic carbocycles. The van der Waals surface area contributed by atoms with Crippen LogP contribution >= 0.6 is 0 Å². The zero-order chi connectivity index (χ0) is 21.7. The van der Waals surface area contributed by atoms with E-state index in [1.807, 2.05) is 0 Å². The highest BCUT2D eigenvalue weighted by molar-refractivity contribution is 6.24. The molecule has 1 saturated carbocycles. The Bertz CT molecular complexity index is 1150. The van der Waals surface area contributed by atoms with Crippen LogP contribution in [0.1, 0.15) is 62.5 Å². The molecule has 10 heteroatoms. The van der Waals surface area contributed by atoms with E-state index in [9.17, 15) is 24.0 Å². The molecule has 158 valence electrons. The third kappa shape index (κ3) is 3.49. The Morgan fingerprint density at radius 2 is 1.84 bits per heavy atom. The maximum atomic E-state index is 12.9. The molecule has 1 aromatic heterocycles. The number of hydrogen-bond acceptors (Lipinski definition) is 6. The van der Waals surface area contributed by atoms with E-state index in [2.05, 4.69) is 20.8 Å². The van der Waals surface area contributed by atoms with Crippen molar-refractivity contribution >= 4 is 35.4 Å². The summed E-state index contributed by atoms with van der Waals surface area (Å²) in [5, 5.41) is 11.8. The maximum absolute atomic E-state index is 12.9. The lowest BCUT2D eigenvalue weighted by atomic mass is 10.0. The second-order valence-electron chi connectivity index (χ2n) is 8.09. The summed E-state index contributed by atoms with van der Waals surface area (Å²) in [6.45, 7) is 0. The van der Waals surface area contributed by atoms with Crippen molar-refractivity contribution in [2.45, 2.75) is 38.1 Å². The fourth-order valence-electron chi connectivity index (χ4n) is 3.96. The highest BCUT2D eigenvalue weighted by Crippen LogP contribution is 2.32. The first kappa shape index (κ1) is 19.2. The molecule has 2 aliphatic heterocycles. The predicted octanol–water partition coefficient (Wildman–Crippen LogP) is 1.02. The number of imide groups is 2. The van der Waals surface area contributed by atoms with Crippen LogP contribution in [0.4, 0.5) is 5.82 Å². The van der Waals surface area contributed by atoms with Gasteiger partial charge in [-0.15, -0.1) is 0 Å². The largest absolute Gasteiger partial charge is 0.305 e. The number of carbonyl (C=O) groups is 5. The molecular formula is C21H19N5O5. The number of amides is 5. The molecule has 5 rings (SSSR count). The van der Waals surface area contributed by atoms with Gasteiger partial charge in [0.15, 0.2) is 5.82 Å². The van der Waals surface area contributed by atoms with E-state index in [-0.39, 0.29) is 29.5 Å². The van der Waals surface area contributed by atoms with Crippen molar-refractivity contribution in [3.63, 3.8) is 0 Å². The number of anilines is 1. The Kier molecular flexibility index (Phi) is 4.42. The molecule has 1 unspecified atom stereocenters. The Balaban J connectivity index is 1.33. The summed E-state index contributed by atoms with van der Waals surface area (Å²) < 4.78 is 0. The van der Waals surface area contributed by atoms with Crippen molar-refractivity contribution in [1.82, 2.24) is 20.4 Å². The van der Waals surface area contributed by atoms with Gasteiger partial charge in [0, 0.05) is 23.7 Å². The van der Waals surface area contributed by atoms with Crippen molar-refractivity contribution < 1.29 is 24.0 Å². The summed E-state index contributed by atoms with van der Waals surface area (Å²) in [5.74, 6) is -1.79. The molecule has 3 N–H and O–H groups in total. The topological polar surface area (TPSA) is 141 Å². The first-order valence-corrected chi connectivity index (χ1v) is 10.1. The third-order valence-electron chi connectivity index (χ3n) is 5.78. The summed E-state index contributed by atoms with van der Waals surface area (Å²) in [6, 6.07) is 4.93. The summed E-state index contributed by atoms with van der Waals surface area (Å²) in [4.78, 5) is 62.6. The van der Waals surface area contributed by atoms with E-state index < -0.39 is 35.6 Å². The number of nitrogens with zero attached hydrogens (tertiary/aromatic N) is 2. The van der Waals surface area contributed by atoms with Gasteiger partial charge in [0.05, 0.1) is 11.1 Å². The number of piperidine rings is 1. The lowest BCUT2D eigenvalue weighted by Crippen LogP contribution is -2.54. The summed E-state index contributed by atoms with van der Waals surface area (Å²) in [7, 11) is 0. The number of fused-ring (bicyclic) bond motifs is 1. The van der Waals surface area contributed by atoms with Crippen LogP contribution in [0.25, 0.3) is 0 Å². The SMILES string of the molecule is O=C1CCC(N2C(=O)c3ccc(C(=O)Nc4cc(CC5CC5)[nH]n4)cc3C2=O)C(=O)N1. The van der Waals surface area contributed by atoms with Crippen molar-refractivity contribution in [3.8, 4) is 0 Å². The molecule has 2 aromatic rings. The highest BCUT2D eigenvalue weighted by Gasteiger charge is 2.44. The highest BCUT2D eigenvalue weighted by atomic mass is 16.2. The fraction of sp³-hybridized carbons (Fsp3) is 0.333. The van der Waals surface area contributed by atoms with Gasteiger partial charge in [0.25, 0.3) is 17.7 Å². The van der Waals surface area contributed by atoms with Gasteiger partial charge >= 0.3 is 0 Å². The van der Waals surface area contributed by atoms with Crippen LogP contribution < -0.4 is 10.6 Å². The van der Waals surface area contributed by atoms with E-state index in [1.54, 1.807) is 6.07 Å². The Morgan fingerprint density at radius 1 is 1.06 bits per heavy atom. The monoisotopic (exact) mass is 421 g/mol. The zero-order valence-corrected chi connectivity index (χ0v) is 16.4. The molecule has 1 atom stereocenters. The number of carbonyl (C=O) groups excluding carboxylic acids is 5. The van der Waals surface area contributed by atoms with Crippen LogP contribution in [0.5, 0.6) is 0 Å². The fourth-order valence-corrected chi connectivity index (χ4v) is 3.96. The summed E-state index contributed by atoms with van der Waals surface area (Å²) in [5.41, 5.74) is 1.32. The number of aromatic nitrogens is 2. The average Bonchev–Trinajstić information content (AvgIpc) is 3.39. The average molecular weight is 421 g/mol. The first-order chi connectivity index (χ1) is 14.9. The molecule has 0 spiro atoms. The molecule has 0 radical (unpaired) electrons. The molecule has 2 fully saturated rings. The number of aromatic amines is 1. The van der Waals surface area contributed by atoms with Crippen LogP contribution in [-0.4, -0.2) is 50.7 Å². The minimum Gasteiger partial charge on any atom is -0.305 e. The lowest BCUT2D eigenvalue weighted by Gasteiger charge is -2.27. The van der Waals surface area contributed by atoms with Crippen molar-refractivity contribution in [2.24, 2.45) is 5.92 Å². The molecule has 1 aliphatic carbocycles. The minimum absolute atomic E-state index is 0.0455. The van der Waals surface area contributed by atoms with Gasteiger partial charge in [-0.25, -0.2) is 0 Å². The van der Waals surface area contributed by atoms with Crippen LogP contribution in [0.15, 0.2) is 24.3 Å². The van der Waals surface area contributed by atoms with E-state index in [0.29, 0.717) is 11.7 Å². The summed E-state index contributed by atoms with van der Waals surface area (Å²) in [6.07, 6.45) is 3.43. The number of H-pyrrole nitrogens is 1. The van der Waals surface area contributed by atoms with Gasteiger partial charge in [-0.1, -0.05) is 0 Å². The van der Waals surface area contributed by atoms with Crippen molar-refractivity contribution in [3.05, 3.63) is 46.6 Å². The maximum Gasteiger partial charge on any atom is 0.262 e. The van der Waals surface area contributed by atoms with Gasteiger partial charge in [-0.05, 0) is 49.8 Å². The number of hydrogen-bond donors (Lipinski definition) is 3. The van der Waals surface area contributed by atoms with E-state index in [1.165, 1.54) is 31.0 Å². The molecule has 31 heavy (non-hydrogen) atoms. The molecule has 3 heterocycles. The predicted molar refractivity (Wildman–Crippen MR) is 106 cm³/mol. The van der Waals surface area contributed by atoms with Crippen molar-refractivity contribution in [2.75, 3.05) is 5.32 Å². The van der Waals surface area contributed by atoms with E-state index in [0.717, 1.165) is 17.0 Å². The standard InChI is InChI=1S/C21H19N5O5/c27-17-6-5-15(19(29)23-17)26-20(30)13-4-3-11(8-14(13)21(26)31)18(28)22-16-9-12(24-25-16)7-10-1-2-10/h3-4,8-10,15H,1-2,5-7H2,(H,23,27,29)(H2,22,24,25,28). The lowest BCUT2D eigenvalue weighted by molar-refractivity contribution is -0.136. The first-order valence-electron chi connectivity index (χ1n) is 10.1. The molecule has 3 aliphatic rings. The minimum atomic E-state index is -1.05. The third-order valence-corrected chi connectivity index (χ3v) is 5.78. The Labute approximate surface area is 176 Å². The molecule has 1 saturated heterocycles. The van der Waals surface area contributed by atoms with Crippen LogP contribution in [-0.2, 0) is 16.0 Å².